The molecule has 2 aromatic rings. The Balaban J connectivity index is 0.00000208. The predicted molar refractivity (Wildman–Crippen MR) is 89.7 cm³/mol. The quantitative estimate of drug-likeness (QED) is 0.439. The summed E-state index contributed by atoms with van der Waals surface area (Å²) in [6, 6.07) is 3.57. The minimum absolute atomic E-state index is 0. The molecule has 1 unspecified atom stereocenters. The summed E-state index contributed by atoms with van der Waals surface area (Å²) in [6.45, 7) is 1.89. The van der Waals surface area contributed by atoms with Crippen LogP contribution in [-0.2, 0) is 6.42 Å². The van der Waals surface area contributed by atoms with Crippen LogP contribution in [0.15, 0.2) is 34.0 Å². The molecule has 1 heterocycles. The number of nitrogens with zero attached hydrogens (tertiary/aromatic N) is 1. The Morgan fingerprint density at radius 2 is 2.12 bits per heavy atom. The van der Waals surface area contributed by atoms with Gasteiger partial charge < -0.3 is 10.2 Å². The third-order valence-corrected chi connectivity index (χ3v) is 3.92. The first kappa shape index (κ1) is 17.9. The van der Waals surface area contributed by atoms with E-state index in [-0.39, 0.29) is 24.3 Å². The van der Waals surface area contributed by atoms with Gasteiger partial charge >= 0.3 is 0 Å². The highest BCUT2D eigenvalue weighted by atomic mass is 35.5. The first-order valence-corrected chi connectivity index (χ1v) is 7.14. The number of nitrogens with two attached hydrogens (primary N) is 1. The highest BCUT2D eigenvalue weighted by Gasteiger charge is 2.30. The lowest BCUT2D eigenvalue weighted by Crippen LogP contribution is -2.29. The summed E-state index contributed by atoms with van der Waals surface area (Å²) in [7, 11) is 0. The van der Waals surface area contributed by atoms with E-state index >= 15 is 0 Å². The van der Waals surface area contributed by atoms with Gasteiger partial charge in [0.25, 0.3) is 0 Å². The van der Waals surface area contributed by atoms with E-state index in [4.69, 9.17) is 15.6 Å². The lowest BCUT2D eigenvalue weighted by Gasteiger charge is -2.24. The van der Waals surface area contributed by atoms with Crippen LogP contribution in [0.4, 0.5) is 8.78 Å². The van der Waals surface area contributed by atoms with E-state index in [0.717, 1.165) is 17.2 Å². The normalized spacial score (nSPS) is 18.0. The zero-order valence-electron chi connectivity index (χ0n) is 12.9. The van der Waals surface area contributed by atoms with Gasteiger partial charge in [-0.2, -0.15) is 5.10 Å². The van der Waals surface area contributed by atoms with Gasteiger partial charge in [-0.25, -0.2) is 14.2 Å². The van der Waals surface area contributed by atoms with E-state index < -0.39 is 11.6 Å². The SMILES string of the molecule is Cc1coc2c1/C(=N/NC(=N)N)CC(c1ccc(F)cc1F)C2.Cl. The molecule has 5 nitrogen and oxygen atoms in total. The summed E-state index contributed by atoms with van der Waals surface area (Å²) in [5.41, 5.74) is 10.5. The average molecular weight is 355 g/mol. The number of nitrogens with one attached hydrogen (secondary N) is 2. The number of rotatable bonds is 2. The highest BCUT2D eigenvalue weighted by molar-refractivity contribution is 6.04. The van der Waals surface area contributed by atoms with Crippen molar-refractivity contribution in [3.63, 3.8) is 0 Å². The molecule has 0 saturated heterocycles. The number of fused-ring (bicyclic) bond motifs is 1. The van der Waals surface area contributed by atoms with Crippen LogP contribution in [0.2, 0.25) is 0 Å². The first-order valence-electron chi connectivity index (χ1n) is 7.14. The fourth-order valence-corrected chi connectivity index (χ4v) is 2.95. The number of halogens is 3. The molecular weight excluding hydrogens is 338 g/mol. The van der Waals surface area contributed by atoms with Crippen LogP contribution < -0.4 is 11.2 Å². The lowest BCUT2D eigenvalue weighted by atomic mass is 9.81. The number of hydrogen-bond donors (Lipinski definition) is 3. The van der Waals surface area contributed by atoms with Gasteiger partial charge in [0.1, 0.15) is 17.4 Å². The van der Waals surface area contributed by atoms with E-state index in [2.05, 4.69) is 10.5 Å². The second-order valence-corrected chi connectivity index (χ2v) is 5.57. The maximum absolute atomic E-state index is 14.1. The van der Waals surface area contributed by atoms with Crippen molar-refractivity contribution in [2.24, 2.45) is 10.8 Å². The Kier molecular flexibility index (Phi) is 5.23. The highest BCUT2D eigenvalue weighted by Crippen LogP contribution is 2.36. The van der Waals surface area contributed by atoms with E-state index in [1.807, 2.05) is 6.92 Å². The molecule has 128 valence electrons. The molecule has 1 aromatic heterocycles. The van der Waals surface area contributed by atoms with E-state index in [1.54, 1.807) is 6.26 Å². The summed E-state index contributed by atoms with van der Waals surface area (Å²) in [4.78, 5) is 0. The molecule has 1 aliphatic carbocycles. The standard InChI is InChI=1S/C16H16F2N4O.ClH/c1-8-7-23-14-5-9(11-3-2-10(17)6-12(11)18)4-13(15(8)14)21-22-16(19)20;/h2-3,6-7,9H,4-5H2,1H3,(H4,19,20,22);1H/b21-13+;. The fourth-order valence-electron chi connectivity index (χ4n) is 2.95. The predicted octanol–water partition coefficient (Wildman–Crippen LogP) is 3.21. The molecule has 1 aliphatic rings. The molecule has 1 atom stereocenters. The van der Waals surface area contributed by atoms with Gasteiger partial charge in [0.05, 0.1) is 12.0 Å². The maximum atomic E-state index is 14.1. The van der Waals surface area contributed by atoms with Crippen LogP contribution in [0.25, 0.3) is 0 Å². The van der Waals surface area contributed by atoms with E-state index in [1.165, 1.54) is 12.1 Å². The van der Waals surface area contributed by atoms with Crippen molar-refractivity contribution in [2.45, 2.75) is 25.7 Å². The largest absolute Gasteiger partial charge is 0.468 e. The van der Waals surface area contributed by atoms with Gasteiger partial charge in [0, 0.05) is 18.1 Å². The first-order chi connectivity index (χ1) is 11.0. The molecule has 0 saturated carbocycles. The van der Waals surface area contributed by atoms with Crippen LogP contribution in [0.3, 0.4) is 0 Å². The molecule has 0 amide bonds. The molecule has 0 aliphatic heterocycles. The minimum Gasteiger partial charge on any atom is -0.468 e. The molecule has 8 heteroatoms. The van der Waals surface area contributed by atoms with Crippen molar-refractivity contribution < 1.29 is 13.2 Å². The topological polar surface area (TPSA) is 87.4 Å². The average Bonchev–Trinajstić information content (AvgIpc) is 2.86. The van der Waals surface area contributed by atoms with Crippen LogP contribution >= 0.6 is 12.4 Å². The van der Waals surface area contributed by atoms with Crippen molar-refractivity contribution in [1.29, 1.82) is 5.41 Å². The Hall–Kier alpha value is -2.41. The van der Waals surface area contributed by atoms with Crippen molar-refractivity contribution in [3.05, 3.63) is 58.5 Å². The third kappa shape index (κ3) is 3.41. The molecule has 0 radical (unpaired) electrons. The van der Waals surface area contributed by atoms with E-state index in [9.17, 15) is 8.78 Å². The third-order valence-electron chi connectivity index (χ3n) is 3.92. The zero-order valence-corrected chi connectivity index (χ0v) is 13.7. The van der Waals surface area contributed by atoms with Gasteiger partial charge in [0.15, 0.2) is 0 Å². The van der Waals surface area contributed by atoms with Crippen LogP contribution in [-0.4, -0.2) is 11.7 Å². The number of guanidine groups is 1. The minimum atomic E-state index is -0.608. The molecule has 4 N–H and O–H groups in total. The number of aryl methyl sites for hydroxylation is 1. The Bertz CT molecular complexity index is 803. The summed E-state index contributed by atoms with van der Waals surface area (Å²) in [6.07, 6.45) is 2.57. The van der Waals surface area contributed by atoms with Crippen LogP contribution in [0.1, 0.15) is 34.8 Å². The molecular formula is C16H17ClF2N4O. The Labute approximate surface area is 143 Å². The molecule has 0 fully saturated rings. The van der Waals surface area contributed by atoms with Gasteiger partial charge in [-0.15, -0.1) is 12.4 Å². The summed E-state index contributed by atoms with van der Waals surface area (Å²) in [5, 5.41) is 11.4. The van der Waals surface area contributed by atoms with Gasteiger partial charge in [-0.05, 0) is 36.5 Å². The monoisotopic (exact) mass is 354 g/mol. The summed E-state index contributed by atoms with van der Waals surface area (Å²) < 4.78 is 32.7. The van der Waals surface area contributed by atoms with E-state index in [0.29, 0.717) is 29.9 Å². The molecule has 0 spiro atoms. The smallest absolute Gasteiger partial charge is 0.206 e. The number of hydrogen-bond acceptors (Lipinski definition) is 3. The summed E-state index contributed by atoms with van der Waals surface area (Å²) >= 11 is 0. The maximum Gasteiger partial charge on any atom is 0.206 e. The molecule has 1 aromatic carbocycles. The van der Waals surface area contributed by atoms with Gasteiger partial charge in [0.2, 0.25) is 5.96 Å². The van der Waals surface area contributed by atoms with Crippen molar-refractivity contribution in [3.8, 4) is 0 Å². The van der Waals surface area contributed by atoms with Crippen molar-refractivity contribution in [1.82, 2.24) is 5.43 Å². The number of furan rings is 1. The lowest BCUT2D eigenvalue weighted by molar-refractivity contribution is 0.471. The second-order valence-electron chi connectivity index (χ2n) is 5.57. The fraction of sp³-hybridized carbons (Fsp3) is 0.250. The summed E-state index contributed by atoms with van der Waals surface area (Å²) in [5.74, 6) is -0.993. The number of hydrazone groups is 1. The van der Waals surface area contributed by atoms with Crippen molar-refractivity contribution in [2.75, 3.05) is 0 Å². The van der Waals surface area contributed by atoms with Gasteiger partial charge in [-0.3, -0.25) is 5.41 Å². The Morgan fingerprint density at radius 1 is 1.38 bits per heavy atom. The van der Waals surface area contributed by atoms with Gasteiger partial charge in [-0.1, -0.05) is 6.07 Å². The molecule has 3 rings (SSSR count). The number of benzene rings is 1. The second kappa shape index (κ2) is 7.00. The molecule has 0 bridgehead atoms. The van der Waals surface area contributed by atoms with Crippen LogP contribution in [0.5, 0.6) is 0 Å². The molecule has 24 heavy (non-hydrogen) atoms. The van der Waals surface area contributed by atoms with Crippen LogP contribution in [0, 0.1) is 24.0 Å². The Morgan fingerprint density at radius 3 is 2.79 bits per heavy atom. The zero-order chi connectivity index (χ0) is 16.6. The van der Waals surface area contributed by atoms with Crippen molar-refractivity contribution >= 4 is 24.1 Å².